The zero-order valence-corrected chi connectivity index (χ0v) is 8.26. The van der Waals surface area contributed by atoms with Crippen LogP contribution in [0.4, 0.5) is 0 Å². The van der Waals surface area contributed by atoms with Crippen molar-refractivity contribution in [3.63, 3.8) is 0 Å². The summed E-state index contributed by atoms with van der Waals surface area (Å²) in [5, 5.41) is 0. The van der Waals surface area contributed by atoms with Crippen molar-refractivity contribution in [1.82, 2.24) is 0 Å². The lowest BCUT2D eigenvalue weighted by atomic mass is 9.87. The summed E-state index contributed by atoms with van der Waals surface area (Å²) in [5.74, 6) is 1.78. The van der Waals surface area contributed by atoms with Crippen molar-refractivity contribution < 1.29 is 0 Å². The van der Waals surface area contributed by atoms with E-state index in [1.54, 1.807) is 11.1 Å². The molecule has 0 radical (unpaired) electrons. The van der Waals surface area contributed by atoms with E-state index in [4.69, 9.17) is 11.5 Å². The lowest BCUT2D eigenvalue weighted by Gasteiger charge is -2.19. The van der Waals surface area contributed by atoms with Crippen molar-refractivity contribution in [2.24, 2.45) is 23.3 Å². The molecule has 0 saturated heterocycles. The molecule has 0 heterocycles. The highest BCUT2D eigenvalue weighted by Crippen LogP contribution is 2.49. The maximum Gasteiger partial charge on any atom is -0.00398 e. The van der Waals surface area contributed by atoms with Gasteiger partial charge in [-0.2, -0.15) is 0 Å². The molecule has 0 amide bonds. The van der Waals surface area contributed by atoms with Crippen LogP contribution in [-0.2, 0) is 0 Å². The number of hydrogen-bond donors (Lipinski definition) is 2. The van der Waals surface area contributed by atoms with E-state index in [2.05, 4.69) is 0 Å². The molecular formula is C11H20N2. The molecule has 4 N–H and O–H groups in total. The van der Waals surface area contributed by atoms with Gasteiger partial charge in [0.1, 0.15) is 0 Å². The maximum atomic E-state index is 5.61. The minimum atomic E-state index is 0.820. The van der Waals surface area contributed by atoms with Gasteiger partial charge in [-0.1, -0.05) is 11.1 Å². The predicted octanol–water partition coefficient (Wildman–Crippen LogP) is 1.41. The fourth-order valence-electron chi connectivity index (χ4n) is 3.10. The summed E-state index contributed by atoms with van der Waals surface area (Å²) in [6.07, 6.45) is 6.43. The molecule has 2 bridgehead atoms. The summed E-state index contributed by atoms with van der Waals surface area (Å²) in [6, 6.07) is 0. The third kappa shape index (κ3) is 1.65. The van der Waals surface area contributed by atoms with Gasteiger partial charge in [0.25, 0.3) is 0 Å². The first-order valence-corrected chi connectivity index (χ1v) is 5.46. The molecule has 0 aromatic carbocycles. The van der Waals surface area contributed by atoms with E-state index in [0.29, 0.717) is 0 Å². The summed E-state index contributed by atoms with van der Waals surface area (Å²) in [7, 11) is 0. The summed E-state index contributed by atoms with van der Waals surface area (Å²) in [4.78, 5) is 0. The summed E-state index contributed by atoms with van der Waals surface area (Å²) < 4.78 is 0. The molecule has 0 aromatic rings. The van der Waals surface area contributed by atoms with Crippen LogP contribution in [0, 0.1) is 11.8 Å². The minimum absolute atomic E-state index is 0.820. The number of fused-ring (bicyclic) bond motifs is 2. The third-order valence-corrected chi connectivity index (χ3v) is 3.57. The van der Waals surface area contributed by atoms with Gasteiger partial charge in [0.2, 0.25) is 0 Å². The van der Waals surface area contributed by atoms with Crippen LogP contribution in [-0.4, -0.2) is 13.1 Å². The van der Waals surface area contributed by atoms with Crippen LogP contribution in [0.3, 0.4) is 0 Å². The number of rotatable bonds is 4. The van der Waals surface area contributed by atoms with Crippen molar-refractivity contribution in [2.45, 2.75) is 32.1 Å². The lowest BCUT2D eigenvalue weighted by molar-refractivity contribution is 0.459. The molecule has 2 aliphatic carbocycles. The zero-order valence-electron chi connectivity index (χ0n) is 8.26. The second-order valence-electron chi connectivity index (χ2n) is 4.45. The Morgan fingerprint density at radius 3 is 2.62 bits per heavy atom. The SMILES string of the molecule is NCCC1=C2CC(C1)CC2CCN. The quantitative estimate of drug-likeness (QED) is 0.643. The highest BCUT2D eigenvalue weighted by Gasteiger charge is 2.36. The van der Waals surface area contributed by atoms with Crippen molar-refractivity contribution in [1.29, 1.82) is 0 Å². The molecule has 2 atom stereocenters. The smallest absolute Gasteiger partial charge is 0.00398 e. The van der Waals surface area contributed by atoms with Crippen LogP contribution in [0.1, 0.15) is 32.1 Å². The van der Waals surface area contributed by atoms with Gasteiger partial charge < -0.3 is 11.5 Å². The van der Waals surface area contributed by atoms with Crippen LogP contribution in [0.5, 0.6) is 0 Å². The largest absolute Gasteiger partial charge is 0.330 e. The van der Waals surface area contributed by atoms with Gasteiger partial charge in [0.05, 0.1) is 0 Å². The molecule has 2 unspecified atom stereocenters. The molecule has 1 fully saturated rings. The van der Waals surface area contributed by atoms with Crippen LogP contribution >= 0.6 is 0 Å². The van der Waals surface area contributed by atoms with E-state index in [1.807, 2.05) is 0 Å². The van der Waals surface area contributed by atoms with E-state index in [9.17, 15) is 0 Å². The molecule has 1 saturated carbocycles. The Morgan fingerprint density at radius 1 is 1.15 bits per heavy atom. The van der Waals surface area contributed by atoms with Gasteiger partial charge in [-0.25, -0.2) is 0 Å². The van der Waals surface area contributed by atoms with E-state index >= 15 is 0 Å². The Hall–Kier alpha value is -0.340. The standard InChI is InChI=1S/C11H20N2/c12-3-1-9-5-8-6-10(2-4-13)11(9)7-8/h8-9H,1-7,12-13H2. The second-order valence-corrected chi connectivity index (χ2v) is 4.45. The summed E-state index contributed by atoms with van der Waals surface area (Å²) in [6.45, 7) is 1.66. The van der Waals surface area contributed by atoms with Gasteiger partial charge in [0, 0.05) is 0 Å². The van der Waals surface area contributed by atoms with Crippen molar-refractivity contribution in [2.75, 3.05) is 13.1 Å². The minimum Gasteiger partial charge on any atom is -0.330 e. The first-order chi connectivity index (χ1) is 6.35. The topological polar surface area (TPSA) is 52.0 Å². The van der Waals surface area contributed by atoms with Crippen LogP contribution < -0.4 is 11.5 Å². The Bertz CT molecular complexity index is 220. The normalized spacial score (nSPS) is 31.8. The first kappa shape index (κ1) is 9.22. The highest BCUT2D eigenvalue weighted by atomic mass is 14.6. The van der Waals surface area contributed by atoms with Gasteiger partial charge in [0.15, 0.2) is 0 Å². The molecule has 74 valence electrons. The molecule has 2 heteroatoms. The van der Waals surface area contributed by atoms with E-state index in [0.717, 1.165) is 31.3 Å². The molecular weight excluding hydrogens is 160 g/mol. The fraction of sp³-hybridized carbons (Fsp3) is 0.818. The van der Waals surface area contributed by atoms with E-state index < -0.39 is 0 Å². The average molecular weight is 180 g/mol. The number of hydrogen-bond acceptors (Lipinski definition) is 2. The first-order valence-electron chi connectivity index (χ1n) is 5.46. The summed E-state index contributed by atoms with van der Waals surface area (Å²) in [5.41, 5.74) is 14.6. The molecule has 2 rings (SSSR count). The monoisotopic (exact) mass is 180 g/mol. The van der Waals surface area contributed by atoms with Crippen molar-refractivity contribution >= 4 is 0 Å². The van der Waals surface area contributed by atoms with E-state index in [1.165, 1.54) is 25.7 Å². The van der Waals surface area contributed by atoms with Crippen molar-refractivity contribution in [3.8, 4) is 0 Å². The molecule has 13 heavy (non-hydrogen) atoms. The Morgan fingerprint density at radius 2 is 2.00 bits per heavy atom. The van der Waals surface area contributed by atoms with Gasteiger partial charge in [-0.05, 0) is 57.0 Å². The molecule has 0 spiro atoms. The molecule has 0 aliphatic heterocycles. The second kappa shape index (κ2) is 3.81. The van der Waals surface area contributed by atoms with E-state index in [-0.39, 0.29) is 0 Å². The molecule has 2 aliphatic rings. The molecule has 0 aromatic heterocycles. The maximum absolute atomic E-state index is 5.61. The predicted molar refractivity (Wildman–Crippen MR) is 55.2 cm³/mol. The molecule has 2 nitrogen and oxygen atoms in total. The van der Waals surface area contributed by atoms with Gasteiger partial charge in [-0.15, -0.1) is 0 Å². The third-order valence-electron chi connectivity index (χ3n) is 3.57. The Balaban J connectivity index is 2.05. The summed E-state index contributed by atoms with van der Waals surface area (Å²) >= 11 is 0. The van der Waals surface area contributed by atoms with Crippen LogP contribution in [0.2, 0.25) is 0 Å². The van der Waals surface area contributed by atoms with Gasteiger partial charge >= 0.3 is 0 Å². The Labute approximate surface area is 80.4 Å². The lowest BCUT2D eigenvalue weighted by Crippen LogP contribution is -2.13. The number of allylic oxidation sites excluding steroid dienone is 1. The Kier molecular flexibility index (Phi) is 2.70. The van der Waals surface area contributed by atoms with Crippen molar-refractivity contribution in [3.05, 3.63) is 11.1 Å². The van der Waals surface area contributed by atoms with Crippen LogP contribution in [0.25, 0.3) is 0 Å². The zero-order chi connectivity index (χ0) is 9.26. The number of nitrogens with two attached hydrogens (primary N) is 2. The highest BCUT2D eigenvalue weighted by molar-refractivity contribution is 5.28. The fourth-order valence-corrected chi connectivity index (χ4v) is 3.10. The van der Waals surface area contributed by atoms with Gasteiger partial charge in [-0.3, -0.25) is 0 Å². The van der Waals surface area contributed by atoms with Crippen LogP contribution in [0.15, 0.2) is 11.1 Å². The average Bonchev–Trinajstić information content (AvgIpc) is 2.64.